The van der Waals surface area contributed by atoms with Crippen molar-refractivity contribution in [2.24, 2.45) is 0 Å². The Labute approximate surface area is 181 Å². The van der Waals surface area contributed by atoms with Crippen molar-refractivity contribution in [1.29, 1.82) is 0 Å². The minimum absolute atomic E-state index is 0.0464. The van der Waals surface area contributed by atoms with Gasteiger partial charge in [-0.05, 0) is 55.7 Å². The van der Waals surface area contributed by atoms with Gasteiger partial charge >= 0.3 is 0 Å². The number of carbonyl (C=O) groups is 1. The average Bonchev–Trinajstić information content (AvgIpc) is 3.31. The van der Waals surface area contributed by atoms with Crippen molar-refractivity contribution in [2.75, 3.05) is 26.4 Å². The first kappa shape index (κ1) is 21.6. The highest BCUT2D eigenvalue weighted by Crippen LogP contribution is 2.32. The molecule has 1 amide bonds. The zero-order chi connectivity index (χ0) is 21.8. The number of benzene rings is 2. The lowest BCUT2D eigenvalue weighted by molar-refractivity contribution is 0.0939. The van der Waals surface area contributed by atoms with Crippen LogP contribution in [0.5, 0.6) is 11.5 Å². The van der Waals surface area contributed by atoms with E-state index in [1.807, 2.05) is 25.1 Å². The molecule has 2 aromatic rings. The highest BCUT2D eigenvalue weighted by molar-refractivity contribution is 7.89. The van der Waals surface area contributed by atoms with Crippen molar-refractivity contribution in [3.8, 4) is 11.5 Å². The minimum Gasteiger partial charge on any atom is -0.486 e. The molecule has 9 heteroatoms. The summed E-state index contributed by atoms with van der Waals surface area (Å²) in [6.07, 6.45) is 1.67. The van der Waals surface area contributed by atoms with Crippen LogP contribution in [0.3, 0.4) is 0 Å². The summed E-state index contributed by atoms with van der Waals surface area (Å²) >= 11 is 0. The standard InChI is InChI=1S/C22H26N2O6S/c1-15(16-7-8-20-21(13-16)30-11-10-29-20)24-22(25)17-4-2-6-19(12-17)31(26,27)23-14-18-5-3-9-28-18/h2,4,6-8,12-13,15,18,23H,3,5,9-11,14H2,1H3,(H,24,25). The van der Waals surface area contributed by atoms with Gasteiger partial charge in [0.25, 0.3) is 5.91 Å². The highest BCUT2D eigenvalue weighted by atomic mass is 32.2. The summed E-state index contributed by atoms with van der Waals surface area (Å²) in [4.78, 5) is 12.8. The molecule has 2 aliphatic rings. The predicted molar refractivity (Wildman–Crippen MR) is 114 cm³/mol. The van der Waals surface area contributed by atoms with E-state index >= 15 is 0 Å². The van der Waals surface area contributed by atoms with E-state index < -0.39 is 10.0 Å². The molecule has 2 N–H and O–H groups in total. The summed E-state index contributed by atoms with van der Waals surface area (Å²) in [6.45, 7) is 3.73. The quantitative estimate of drug-likeness (QED) is 0.677. The van der Waals surface area contributed by atoms with E-state index in [-0.39, 0.29) is 35.1 Å². The van der Waals surface area contributed by atoms with E-state index in [1.165, 1.54) is 12.1 Å². The van der Waals surface area contributed by atoms with Crippen molar-refractivity contribution < 1.29 is 27.4 Å². The number of ether oxygens (including phenoxy) is 3. The van der Waals surface area contributed by atoms with Crippen LogP contribution < -0.4 is 19.5 Å². The Kier molecular flexibility index (Phi) is 6.45. The van der Waals surface area contributed by atoms with Crippen LogP contribution in [0, 0.1) is 0 Å². The van der Waals surface area contributed by atoms with Gasteiger partial charge in [-0.25, -0.2) is 13.1 Å². The fourth-order valence-electron chi connectivity index (χ4n) is 3.59. The topological polar surface area (TPSA) is 103 Å². The van der Waals surface area contributed by atoms with Crippen molar-refractivity contribution in [2.45, 2.75) is 36.8 Å². The summed E-state index contributed by atoms with van der Waals surface area (Å²) in [6, 6.07) is 11.2. The lowest BCUT2D eigenvalue weighted by atomic mass is 10.1. The van der Waals surface area contributed by atoms with Gasteiger partial charge in [-0.1, -0.05) is 12.1 Å². The van der Waals surface area contributed by atoms with Crippen molar-refractivity contribution in [3.63, 3.8) is 0 Å². The number of nitrogens with one attached hydrogen (secondary N) is 2. The second-order valence-electron chi connectivity index (χ2n) is 7.61. The predicted octanol–water partition coefficient (Wildman–Crippen LogP) is 2.41. The Morgan fingerprint density at radius 2 is 1.90 bits per heavy atom. The van der Waals surface area contributed by atoms with Gasteiger partial charge in [-0.2, -0.15) is 0 Å². The first-order valence-corrected chi connectivity index (χ1v) is 11.8. The van der Waals surface area contributed by atoms with E-state index in [4.69, 9.17) is 14.2 Å². The summed E-state index contributed by atoms with van der Waals surface area (Å²) < 4.78 is 44.4. The zero-order valence-electron chi connectivity index (χ0n) is 17.3. The third-order valence-electron chi connectivity index (χ3n) is 5.35. The van der Waals surface area contributed by atoms with Crippen molar-refractivity contribution >= 4 is 15.9 Å². The molecule has 1 fully saturated rings. The molecule has 2 atom stereocenters. The Morgan fingerprint density at radius 1 is 1.10 bits per heavy atom. The average molecular weight is 447 g/mol. The van der Waals surface area contributed by atoms with Crippen LogP contribution in [0.4, 0.5) is 0 Å². The number of hydrogen-bond acceptors (Lipinski definition) is 6. The van der Waals surface area contributed by atoms with Gasteiger partial charge < -0.3 is 19.5 Å². The van der Waals surface area contributed by atoms with E-state index in [0.717, 1.165) is 18.4 Å². The molecule has 0 aliphatic carbocycles. The molecule has 0 saturated carbocycles. The van der Waals surface area contributed by atoms with Gasteiger partial charge in [-0.3, -0.25) is 4.79 Å². The molecule has 31 heavy (non-hydrogen) atoms. The summed E-state index contributed by atoms with van der Waals surface area (Å²) in [5.41, 5.74) is 1.13. The van der Waals surface area contributed by atoms with Crippen LogP contribution in [0.1, 0.15) is 41.7 Å². The maximum atomic E-state index is 12.8. The van der Waals surface area contributed by atoms with Gasteiger partial charge in [0, 0.05) is 18.7 Å². The maximum absolute atomic E-state index is 12.8. The largest absolute Gasteiger partial charge is 0.486 e. The second-order valence-corrected chi connectivity index (χ2v) is 9.38. The van der Waals surface area contributed by atoms with Gasteiger partial charge in [0.15, 0.2) is 11.5 Å². The van der Waals surface area contributed by atoms with Crippen molar-refractivity contribution in [1.82, 2.24) is 10.0 Å². The lowest BCUT2D eigenvalue weighted by Gasteiger charge is -2.21. The van der Waals surface area contributed by atoms with E-state index in [2.05, 4.69) is 10.0 Å². The SMILES string of the molecule is CC(NC(=O)c1cccc(S(=O)(=O)NCC2CCCO2)c1)c1ccc2c(c1)OCCO2. The van der Waals surface area contributed by atoms with Crippen LogP contribution in [0.25, 0.3) is 0 Å². The van der Waals surface area contributed by atoms with Crippen molar-refractivity contribution in [3.05, 3.63) is 53.6 Å². The normalized spacial score (nSPS) is 19.1. The molecular formula is C22H26N2O6S. The number of sulfonamides is 1. The zero-order valence-corrected chi connectivity index (χ0v) is 18.1. The number of hydrogen-bond donors (Lipinski definition) is 2. The minimum atomic E-state index is -3.74. The smallest absolute Gasteiger partial charge is 0.251 e. The van der Waals surface area contributed by atoms with Gasteiger partial charge in [-0.15, -0.1) is 0 Å². The number of amides is 1. The Hall–Kier alpha value is -2.62. The van der Waals surface area contributed by atoms with E-state index in [0.29, 0.717) is 31.3 Å². The molecule has 8 nitrogen and oxygen atoms in total. The molecule has 0 radical (unpaired) electrons. The Balaban J connectivity index is 1.42. The van der Waals surface area contributed by atoms with Gasteiger partial charge in [0.2, 0.25) is 10.0 Å². The third-order valence-corrected chi connectivity index (χ3v) is 6.77. The Bertz CT molecular complexity index is 1050. The number of rotatable bonds is 7. The first-order chi connectivity index (χ1) is 14.9. The second kappa shape index (κ2) is 9.25. The lowest BCUT2D eigenvalue weighted by Crippen LogP contribution is -2.32. The van der Waals surface area contributed by atoms with Crippen LogP contribution in [0.15, 0.2) is 47.4 Å². The molecule has 1 saturated heterocycles. The van der Waals surface area contributed by atoms with Gasteiger partial charge in [0.1, 0.15) is 13.2 Å². The van der Waals surface area contributed by atoms with E-state index in [1.54, 1.807) is 12.1 Å². The molecular weight excluding hydrogens is 420 g/mol. The fraction of sp³-hybridized carbons (Fsp3) is 0.409. The summed E-state index contributed by atoms with van der Waals surface area (Å²) in [7, 11) is -3.74. The summed E-state index contributed by atoms with van der Waals surface area (Å²) in [5, 5.41) is 2.90. The molecule has 0 bridgehead atoms. The molecule has 166 valence electrons. The van der Waals surface area contributed by atoms with Crippen LogP contribution in [-0.2, 0) is 14.8 Å². The van der Waals surface area contributed by atoms with Crippen LogP contribution in [-0.4, -0.2) is 46.8 Å². The molecule has 0 spiro atoms. The molecule has 0 aromatic heterocycles. The number of fused-ring (bicyclic) bond motifs is 1. The highest BCUT2D eigenvalue weighted by Gasteiger charge is 2.22. The molecule has 2 aliphatic heterocycles. The molecule has 2 heterocycles. The van der Waals surface area contributed by atoms with Crippen LogP contribution >= 0.6 is 0 Å². The van der Waals surface area contributed by atoms with Gasteiger partial charge in [0.05, 0.1) is 17.0 Å². The molecule has 4 rings (SSSR count). The Morgan fingerprint density at radius 3 is 2.68 bits per heavy atom. The fourth-order valence-corrected chi connectivity index (χ4v) is 4.70. The molecule has 2 aromatic carbocycles. The third kappa shape index (κ3) is 5.17. The monoisotopic (exact) mass is 446 g/mol. The number of carbonyl (C=O) groups excluding carboxylic acids is 1. The molecule has 2 unspecified atom stereocenters. The van der Waals surface area contributed by atoms with E-state index in [9.17, 15) is 13.2 Å². The maximum Gasteiger partial charge on any atom is 0.251 e. The summed E-state index contributed by atoms with van der Waals surface area (Å²) in [5.74, 6) is 0.968. The first-order valence-electron chi connectivity index (χ1n) is 10.3. The van der Waals surface area contributed by atoms with Crippen LogP contribution in [0.2, 0.25) is 0 Å².